The van der Waals surface area contributed by atoms with Gasteiger partial charge in [-0.25, -0.2) is 9.97 Å². The molecule has 35 heavy (non-hydrogen) atoms. The van der Waals surface area contributed by atoms with E-state index in [1.807, 2.05) is 12.1 Å². The monoisotopic (exact) mass is 471 g/mol. The maximum absolute atomic E-state index is 12.1. The Morgan fingerprint density at radius 3 is 2.37 bits per heavy atom. The standard InChI is InChI=1S/C25H25N7O3/c1-34-12-11-27-21(33)20-8-5-17(13-28-20)22-31-23(32-35-22)25(9-2-10-25)19-6-3-16(4-7-19)18-14-29-24(26)30-15-18/h3-8,13-15H,2,9-12H2,1H3,(H,27,33)(H2,26,29,30). The van der Waals surface area contributed by atoms with Crippen molar-refractivity contribution >= 4 is 11.9 Å². The first kappa shape index (κ1) is 22.6. The highest BCUT2D eigenvalue weighted by atomic mass is 16.5. The van der Waals surface area contributed by atoms with Crippen LogP contribution in [0.15, 0.2) is 59.5 Å². The van der Waals surface area contributed by atoms with Crippen LogP contribution in [0.5, 0.6) is 0 Å². The zero-order chi connectivity index (χ0) is 24.3. The van der Waals surface area contributed by atoms with Gasteiger partial charge >= 0.3 is 0 Å². The number of hydrogen-bond donors (Lipinski definition) is 2. The Balaban J connectivity index is 1.34. The third kappa shape index (κ3) is 4.47. The topological polar surface area (TPSA) is 142 Å². The van der Waals surface area contributed by atoms with Gasteiger partial charge in [0.05, 0.1) is 17.6 Å². The number of nitrogen functional groups attached to an aromatic ring is 1. The number of ether oxygens (including phenoxy) is 1. The van der Waals surface area contributed by atoms with Crippen molar-refractivity contribution in [2.24, 2.45) is 0 Å². The van der Waals surface area contributed by atoms with Crippen LogP contribution >= 0.6 is 0 Å². The fraction of sp³-hybridized carbons (Fsp3) is 0.280. The van der Waals surface area contributed by atoms with Gasteiger partial charge < -0.3 is 20.3 Å². The summed E-state index contributed by atoms with van der Waals surface area (Å²) < 4.78 is 10.5. The smallest absolute Gasteiger partial charge is 0.269 e. The van der Waals surface area contributed by atoms with Gasteiger partial charge in [-0.2, -0.15) is 4.98 Å². The Kier molecular flexibility index (Phi) is 6.19. The number of carbonyl (C=O) groups excluding carboxylic acids is 1. The van der Waals surface area contributed by atoms with Crippen LogP contribution in [0.3, 0.4) is 0 Å². The second-order valence-electron chi connectivity index (χ2n) is 8.45. The Bertz CT molecular complexity index is 1300. The molecule has 3 N–H and O–H groups in total. The van der Waals surface area contributed by atoms with E-state index in [1.165, 1.54) is 0 Å². The summed E-state index contributed by atoms with van der Waals surface area (Å²) in [6.45, 7) is 0.859. The minimum atomic E-state index is -0.285. The van der Waals surface area contributed by atoms with Crippen molar-refractivity contribution in [1.82, 2.24) is 30.4 Å². The lowest BCUT2D eigenvalue weighted by atomic mass is 9.64. The van der Waals surface area contributed by atoms with E-state index >= 15 is 0 Å². The fourth-order valence-corrected chi connectivity index (χ4v) is 4.19. The Hall–Kier alpha value is -4.18. The average molecular weight is 472 g/mol. The number of nitrogens with zero attached hydrogens (tertiary/aromatic N) is 5. The van der Waals surface area contributed by atoms with Crippen LogP contribution in [0.1, 0.15) is 41.1 Å². The normalized spacial score (nSPS) is 14.3. The van der Waals surface area contributed by atoms with Crippen molar-refractivity contribution in [3.05, 3.63) is 72.1 Å². The van der Waals surface area contributed by atoms with Crippen LogP contribution < -0.4 is 11.1 Å². The molecule has 0 saturated heterocycles. The summed E-state index contributed by atoms with van der Waals surface area (Å²) in [4.78, 5) is 29.2. The van der Waals surface area contributed by atoms with Crippen LogP contribution in [0.2, 0.25) is 0 Å². The van der Waals surface area contributed by atoms with E-state index in [1.54, 1.807) is 37.8 Å². The molecule has 3 heterocycles. The van der Waals surface area contributed by atoms with Gasteiger partial charge in [-0.3, -0.25) is 9.78 Å². The average Bonchev–Trinajstić information content (AvgIpc) is 3.35. The molecule has 1 aliphatic carbocycles. The molecule has 10 nitrogen and oxygen atoms in total. The van der Waals surface area contributed by atoms with Crippen molar-refractivity contribution in [3.63, 3.8) is 0 Å². The molecule has 4 aromatic rings. The van der Waals surface area contributed by atoms with Gasteiger partial charge in [0.15, 0.2) is 5.82 Å². The van der Waals surface area contributed by atoms with Crippen molar-refractivity contribution in [2.45, 2.75) is 24.7 Å². The van der Waals surface area contributed by atoms with Crippen LogP contribution in [0.25, 0.3) is 22.6 Å². The highest BCUT2D eigenvalue weighted by Gasteiger charge is 2.44. The van der Waals surface area contributed by atoms with Crippen LogP contribution in [0, 0.1) is 0 Å². The number of hydrogen-bond acceptors (Lipinski definition) is 9. The minimum Gasteiger partial charge on any atom is -0.383 e. The van der Waals surface area contributed by atoms with Crippen LogP contribution in [-0.2, 0) is 10.2 Å². The molecule has 0 unspecified atom stereocenters. The van der Waals surface area contributed by atoms with Crippen LogP contribution in [-0.4, -0.2) is 51.3 Å². The lowest BCUT2D eigenvalue weighted by Gasteiger charge is -2.39. The number of carbonyl (C=O) groups is 1. The first-order chi connectivity index (χ1) is 17.1. The Morgan fingerprint density at radius 2 is 1.74 bits per heavy atom. The van der Waals surface area contributed by atoms with Crippen molar-refractivity contribution in [1.29, 1.82) is 0 Å². The van der Waals surface area contributed by atoms with Gasteiger partial charge in [0.2, 0.25) is 5.95 Å². The molecule has 10 heteroatoms. The Labute approximate surface area is 202 Å². The maximum atomic E-state index is 12.1. The van der Waals surface area contributed by atoms with E-state index in [4.69, 9.17) is 20.0 Å². The van der Waals surface area contributed by atoms with Crippen molar-refractivity contribution in [2.75, 3.05) is 26.0 Å². The number of benzene rings is 1. The summed E-state index contributed by atoms with van der Waals surface area (Å²) in [5, 5.41) is 7.06. The molecule has 1 fully saturated rings. The largest absolute Gasteiger partial charge is 0.383 e. The molecule has 1 aliphatic rings. The zero-order valence-electron chi connectivity index (χ0n) is 19.3. The molecule has 0 radical (unpaired) electrons. The molecule has 0 bridgehead atoms. The predicted molar refractivity (Wildman–Crippen MR) is 128 cm³/mol. The molecular formula is C25H25N7O3. The summed E-state index contributed by atoms with van der Waals surface area (Å²) in [7, 11) is 1.58. The van der Waals surface area contributed by atoms with Gasteiger partial charge in [-0.1, -0.05) is 35.8 Å². The third-order valence-corrected chi connectivity index (χ3v) is 6.34. The number of methoxy groups -OCH3 is 1. The number of pyridine rings is 1. The highest BCUT2D eigenvalue weighted by Crippen LogP contribution is 2.48. The number of aromatic nitrogens is 5. The van der Waals surface area contributed by atoms with E-state index in [-0.39, 0.29) is 17.3 Å². The molecular weight excluding hydrogens is 446 g/mol. The summed E-state index contributed by atoms with van der Waals surface area (Å²) in [6.07, 6.45) is 7.96. The lowest BCUT2D eigenvalue weighted by molar-refractivity contribution is 0.0932. The SMILES string of the molecule is COCCNC(=O)c1ccc(-c2nc(C3(c4ccc(-c5cnc(N)nc5)cc4)CCC3)no2)cn1. The van der Waals surface area contributed by atoms with E-state index in [0.29, 0.717) is 36.1 Å². The summed E-state index contributed by atoms with van der Waals surface area (Å²) in [6, 6.07) is 11.7. The van der Waals surface area contributed by atoms with E-state index in [0.717, 1.165) is 36.0 Å². The van der Waals surface area contributed by atoms with E-state index in [2.05, 4.69) is 37.6 Å². The number of nitrogens with two attached hydrogens (primary N) is 1. The van der Waals surface area contributed by atoms with Gasteiger partial charge in [-0.15, -0.1) is 0 Å². The zero-order valence-corrected chi connectivity index (χ0v) is 19.3. The Morgan fingerprint density at radius 1 is 1.03 bits per heavy atom. The van der Waals surface area contributed by atoms with Gasteiger partial charge in [0.1, 0.15) is 5.69 Å². The highest BCUT2D eigenvalue weighted by molar-refractivity contribution is 5.92. The number of amides is 1. The summed E-state index contributed by atoms with van der Waals surface area (Å²) in [5.74, 6) is 1.02. The molecule has 1 aromatic carbocycles. The molecule has 178 valence electrons. The third-order valence-electron chi connectivity index (χ3n) is 6.34. The lowest BCUT2D eigenvalue weighted by Crippen LogP contribution is -2.36. The predicted octanol–water partition coefficient (Wildman–Crippen LogP) is 3.02. The van der Waals surface area contributed by atoms with Crippen molar-refractivity contribution < 1.29 is 14.1 Å². The second-order valence-corrected chi connectivity index (χ2v) is 8.45. The molecule has 3 aromatic heterocycles. The van der Waals surface area contributed by atoms with Gasteiger partial charge in [0.25, 0.3) is 11.8 Å². The first-order valence-electron chi connectivity index (χ1n) is 11.4. The van der Waals surface area contributed by atoms with Crippen molar-refractivity contribution in [3.8, 4) is 22.6 Å². The van der Waals surface area contributed by atoms with Gasteiger partial charge in [0, 0.05) is 37.8 Å². The first-order valence-corrected chi connectivity index (χ1v) is 11.4. The number of nitrogens with one attached hydrogen (secondary N) is 1. The molecule has 1 amide bonds. The minimum absolute atomic E-state index is 0.252. The molecule has 0 atom stereocenters. The molecule has 0 spiro atoms. The van der Waals surface area contributed by atoms with Crippen LogP contribution in [0.4, 0.5) is 5.95 Å². The maximum Gasteiger partial charge on any atom is 0.269 e. The van der Waals surface area contributed by atoms with E-state index in [9.17, 15) is 4.79 Å². The second kappa shape index (κ2) is 9.59. The number of rotatable bonds is 8. The summed E-state index contributed by atoms with van der Waals surface area (Å²) >= 11 is 0. The molecule has 1 saturated carbocycles. The molecule has 0 aliphatic heterocycles. The number of anilines is 1. The summed E-state index contributed by atoms with van der Waals surface area (Å²) in [5.41, 5.74) is 9.32. The quantitative estimate of drug-likeness (QED) is 0.371. The fourth-order valence-electron chi connectivity index (χ4n) is 4.19. The van der Waals surface area contributed by atoms with Gasteiger partial charge in [-0.05, 0) is 36.1 Å². The molecule has 5 rings (SSSR count). The van der Waals surface area contributed by atoms with E-state index < -0.39 is 0 Å².